The van der Waals surface area contributed by atoms with Crippen LogP contribution in [0.1, 0.15) is 21.1 Å². The highest BCUT2D eigenvalue weighted by atomic mass is 35.5. The summed E-state index contributed by atoms with van der Waals surface area (Å²) in [5, 5.41) is 15.5. The summed E-state index contributed by atoms with van der Waals surface area (Å²) in [6.07, 6.45) is 1.70. The molecule has 2 aromatic heterocycles. The first-order chi connectivity index (χ1) is 17.5. The summed E-state index contributed by atoms with van der Waals surface area (Å²) in [6.45, 7) is 6.34. The summed E-state index contributed by atoms with van der Waals surface area (Å²) in [4.78, 5) is 30.7. The van der Waals surface area contributed by atoms with Gasteiger partial charge in [0.15, 0.2) is 16.1 Å². The van der Waals surface area contributed by atoms with Crippen LogP contribution in [0.15, 0.2) is 72.4 Å². The Hall–Kier alpha value is -3.47. The molecule has 8 nitrogen and oxygen atoms in total. The van der Waals surface area contributed by atoms with E-state index in [9.17, 15) is 9.59 Å². The number of thioether (sulfide) groups is 1. The second-order valence-electron chi connectivity index (χ2n) is 7.59. The molecule has 0 aliphatic carbocycles. The summed E-state index contributed by atoms with van der Waals surface area (Å²) in [5.41, 5.74) is 2.25. The fraction of sp³-hybridized carbons (Fsp3) is 0.160. The minimum atomic E-state index is -0.309. The first-order valence-electron chi connectivity index (χ1n) is 11.0. The van der Waals surface area contributed by atoms with E-state index in [1.807, 2.05) is 37.3 Å². The van der Waals surface area contributed by atoms with Gasteiger partial charge < -0.3 is 15.2 Å². The Morgan fingerprint density at radius 2 is 1.89 bits per heavy atom. The van der Waals surface area contributed by atoms with Crippen LogP contribution in [0.25, 0.3) is 11.3 Å². The SMILES string of the molecule is C=CCn1c(CNC(=O)c2ccccc2Cl)nnc1SCC(=O)Nc1nc(-c2ccccc2)c(C)s1. The molecule has 2 N–H and O–H groups in total. The number of benzene rings is 2. The van der Waals surface area contributed by atoms with E-state index in [1.165, 1.54) is 23.1 Å². The van der Waals surface area contributed by atoms with Crippen molar-refractivity contribution in [3.63, 3.8) is 0 Å². The van der Waals surface area contributed by atoms with E-state index in [-0.39, 0.29) is 24.1 Å². The number of hydrogen-bond donors (Lipinski definition) is 2. The summed E-state index contributed by atoms with van der Waals surface area (Å²) in [6, 6.07) is 16.7. The van der Waals surface area contributed by atoms with Crippen LogP contribution >= 0.6 is 34.7 Å². The number of hydrogen-bond acceptors (Lipinski definition) is 7. The van der Waals surface area contributed by atoms with Gasteiger partial charge in [-0.05, 0) is 19.1 Å². The Balaban J connectivity index is 1.37. The number of aryl methyl sites for hydroxylation is 1. The van der Waals surface area contributed by atoms with Gasteiger partial charge in [0.05, 0.1) is 28.6 Å². The highest BCUT2D eigenvalue weighted by Gasteiger charge is 2.17. The Morgan fingerprint density at radius 1 is 1.14 bits per heavy atom. The van der Waals surface area contributed by atoms with Crippen molar-refractivity contribution < 1.29 is 9.59 Å². The van der Waals surface area contributed by atoms with Crippen LogP contribution in [0, 0.1) is 6.92 Å². The topological polar surface area (TPSA) is 102 Å². The maximum absolute atomic E-state index is 12.6. The van der Waals surface area contributed by atoms with E-state index in [0.717, 1.165) is 16.1 Å². The number of halogens is 1. The molecular weight excluding hydrogens is 516 g/mol. The Bertz CT molecular complexity index is 1390. The number of rotatable bonds is 10. The zero-order valence-electron chi connectivity index (χ0n) is 19.4. The molecule has 0 aliphatic rings. The minimum Gasteiger partial charge on any atom is -0.345 e. The van der Waals surface area contributed by atoms with Crippen LogP contribution < -0.4 is 10.6 Å². The van der Waals surface area contributed by atoms with Gasteiger partial charge in [-0.1, -0.05) is 71.9 Å². The van der Waals surface area contributed by atoms with Gasteiger partial charge in [-0.25, -0.2) is 4.98 Å². The van der Waals surface area contributed by atoms with Crippen molar-refractivity contribution in [2.24, 2.45) is 0 Å². The standard InChI is InChI=1S/C25H23ClN6O2S2/c1-3-13-32-20(14-27-23(34)18-11-7-8-12-19(18)26)30-31-25(32)35-15-21(33)28-24-29-22(16(2)36-24)17-9-5-4-6-10-17/h3-12H,1,13-15H2,2H3,(H,27,34)(H,28,29,33). The van der Waals surface area contributed by atoms with Crippen molar-refractivity contribution >= 4 is 51.6 Å². The molecule has 0 bridgehead atoms. The molecule has 184 valence electrons. The van der Waals surface area contributed by atoms with Gasteiger partial charge in [0.1, 0.15) is 0 Å². The maximum Gasteiger partial charge on any atom is 0.253 e. The number of nitrogens with one attached hydrogen (secondary N) is 2. The number of allylic oxidation sites excluding steroid dienone is 1. The number of aromatic nitrogens is 4. The van der Waals surface area contributed by atoms with Gasteiger partial charge in [0.2, 0.25) is 5.91 Å². The van der Waals surface area contributed by atoms with Gasteiger partial charge in [0.25, 0.3) is 5.91 Å². The molecule has 4 aromatic rings. The third-order valence-corrected chi connectivity index (χ3v) is 7.24. The molecular formula is C25H23ClN6O2S2. The van der Waals surface area contributed by atoms with Crippen LogP contribution in [0.3, 0.4) is 0 Å². The van der Waals surface area contributed by atoms with Gasteiger partial charge in [-0.15, -0.1) is 28.1 Å². The summed E-state index contributed by atoms with van der Waals surface area (Å²) < 4.78 is 1.80. The molecule has 36 heavy (non-hydrogen) atoms. The third-order valence-electron chi connectivity index (χ3n) is 5.05. The molecule has 0 unspecified atom stereocenters. The number of carbonyl (C=O) groups excluding carboxylic acids is 2. The lowest BCUT2D eigenvalue weighted by molar-refractivity contribution is -0.113. The smallest absolute Gasteiger partial charge is 0.253 e. The molecule has 0 fully saturated rings. The Kier molecular flexibility index (Phi) is 8.52. The predicted octanol–water partition coefficient (Wildman–Crippen LogP) is 5.21. The van der Waals surface area contributed by atoms with Crippen LogP contribution in [-0.2, 0) is 17.9 Å². The first kappa shape index (κ1) is 25.6. The molecule has 0 saturated heterocycles. The molecule has 2 amide bonds. The Morgan fingerprint density at radius 3 is 2.64 bits per heavy atom. The van der Waals surface area contributed by atoms with Gasteiger partial charge >= 0.3 is 0 Å². The molecule has 0 aliphatic heterocycles. The highest BCUT2D eigenvalue weighted by Crippen LogP contribution is 2.30. The lowest BCUT2D eigenvalue weighted by Crippen LogP contribution is -2.25. The van der Waals surface area contributed by atoms with Crippen molar-refractivity contribution in [2.45, 2.75) is 25.2 Å². The fourth-order valence-corrected chi connectivity index (χ4v) is 5.21. The van der Waals surface area contributed by atoms with E-state index in [4.69, 9.17) is 11.6 Å². The van der Waals surface area contributed by atoms with Crippen LogP contribution in [0.2, 0.25) is 5.02 Å². The van der Waals surface area contributed by atoms with E-state index in [2.05, 4.69) is 32.4 Å². The van der Waals surface area contributed by atoms with Crippen LogP contribution in [0.4, 0.5) is 5.13 Å². The number of amides is 2. The second kappa shape index (κ2) is 12.0. The van der Waals surface area contributed by atoms with E-state index < -0.39 is 0 Å². The monoisotopic (exact) mass is 538 g/mol. The van der Waals surface area contributed by atoms with Crippen molar-refractivity contribution in [3.8, 4) is 11.3 Å². The molecule has 2 heterocycles. The zero-order chi connectivity index (χ0) is 25.5. The lowest BCUT2D eigenvalue weighted by atomic mass is 10.1. The van der Waals surface area contributed by atoms with Crippen LogP contribution in [0.5, 0.6) is 0 Å². The quantitative estimate of drug-likeness (QED) is 0.212. The zero-order valence-corrected chi connectivity index (χ0v) is 21.8. The first-order valence-corrected chi connectivity index (χ1v) is 13.2. The highest BCUT2D eigenvalue weighted by molar-refractivity contribution is 7.99. The maximum atomic E-state index is 12.6. The third kappa shape index (κ3) is 6.20. The van der Waals surface area contributed by atoms with E-state index >= 15 is 0 Å². The van der Waals surface area contributed by atoms with Crippen molar-refractivity contribution in [1.82, 2.24) is 25.1 Å². The molecule has 11 heteroatoms. The van der Waals surface area contributed by atoms with Crippen molar-refractivity contribution in [2.75, 3.05) is 11.1 Å². The van der Waals surface area contributed by atoms with Crippen molar-refractivity contribution in [1.29, 1.82) is 0 Å². The molecule has 0 atom stereocenters. The lowest BCUT2D eigenvalue weighted by Gasteiger charge is -2.09. The summed E-state index contributed by atoms with van der Waals surface area (Å²) in [7, 11) is 0. The number of nitrogens with zero attached hydrogens (tertiary/aromatic N) is 4. The fourth-order valence-electron chi connectivity index (χ4n) is 3.37. The minimum absolute atomic E-state index is 0.126. The molecule has 2 aromatic carbocycles. The number of carbonyl (C=O) groups is 2. The molecule has 0 radical (unpaired) electrons. The number of anilines is 1. The normalized spacial score (nSPS) is 10.7. The molecule has 0 saturated carbocycles. The van der Waals surface area contributed by atoms with Gasteiger partial charge in [-0.3, -0.25) is 9.59 Å². The average molecular weight is 539 g/mol. The Labute approximate surface area is 221 Å². The average Bonchev–Trinajstić information content (AvgIpc) is 3.44. The second-order valence-corrected chi connectivity index (χ2v) is 10.1. The van der Waals surface area contributed by atoms with Gasteiger partial charge in [-0.2, -0.15) is 0 Å². The van der Waals surface area contributed by atoms with Gasteiger partial charge in [0, 0.05) is 17.0 Å². The summed E-state index contributed by atoms with van der Waals surface area (Å²) in [5.74, 6) is 0.160. The largest absolute Gasteiger partial charge is 0.345 e. The van der Waals surface area contributed by atoms with Crippen molar-refractivity contribution in [3.05, 3.63) is 88.5 Å². The molecule has 4 rings (SSSR count). The molecule has 0 spiro atoms. The predicted molar refractivity (Wildman–Crippen MR) is 144 cm³/mol. The number of thiazole rings is 1. The van der Waals surface area contributed by atoms with Crippen LogP contribution in [-0.4, -0.2) is 37.3 Å². The summed E-state index contributed by atoms with van der Waals surface area (Å²) >= 11 is 8.79. The van der Waals surface area contributed by atoms with E-state index in [0.29, 0.717) is 33.2 Å². The van der Waals surface area contributed by atoms with E-state index in [1.54, 1.807) is 34.9 Å².